The number of carbonyl (C=O) groups is 3. The van der Waals surface area contributed by atoms with E-state index < -0.39 is 17.7 Å². The highest BCUT2D eigenvalue weighted by atomic mass is 32.1. The van der Waals surface area contributed by atoms with E-state index in [1.165, 1.54) is 11.3 Å². The van der Waals surface area contributed by atoms with Crippen LogP contribution in [0.15, 0.2) is 46.2 Å². The molecule has 130 valence electrons. The number of nitrogens with one attached hydrogen (secondary N) is 1. The topological polar surface area (TPSA) is 105 Å². The fourth-order valence-corrected chi connectivity index (χ4v) is 3.23. The molecule has 26 heavy (non-hydrogen) atoms. The Morgan fingerprint density at radius 2 is 1.81 bits per heavy atom. The number of carbonyl (C=O) groups excluding carboxylic acids is 3. The zero-order valence-electron chi connectivity index (χ0n) is 13.3. The van der Waals surface area contributed by atoms with Gasteiger partial charge in [0.2, 0.25) is 11.8 Å². The Morgan fingerprint density at radius 3 is 2.46 bits per heavy atom. The molecule has 0 saturated heterocycles. The maximum Gasteiger partial charge on any atom is 0.262 e. The average Bonchev–Trinajstić information content (AvgIpc) is 3.38. The van der Waals surface area contributed by atoms with Crippen LogP contribution in [0.5, 0.6) is 0 Å². The van der Waals surface area contributed by atoms with Crippen molar-refractivity contribution in [1.82, 2.24) is 20.4 Å². The number of imide groups is 1. The van der Waals surface area contributed by atoms with Crippen molar-refractivity contribution in [3.8, 4) is 10.8 Å². The van der Waals surface area contributed by atoms with E-state index in [0.717, 1.165) is 9.78 Å². The van der Waals surface area contributed by atoms with Crippen molar-refractivity contribution in [3.05, 3.63) is 58.8 Å². The summed E-state index contributed by atoms with van der Waals surface area (Å²) < 4.78 is 5.47. The van der Waals surface area contributed by atoms with Crippen molar-refractivity contribution in [2.75, 3.05) is 6.54 Å². The van der Waals surface area contributed by atoms with Crippen molar-refractivity contribution in [1.29, 1.82) is 0 Å². The fraction of sp³-hybridized carbons (Fsp3) is 0.118. The van der Waals surface area contributed by atoms with Crippen molar-refractivity contribution < 1.29 is 18.8 Å². The summed E-state index contributed by atoms with van der Waals surface area (Å²) in [6.45, 7) is -0.349. The molecule has 1 aromatic carbocycles. The van der Waals surface area contributed by atoms with Gasteiger partial charge in [0.25, 0.3) is 17.7 Å². The highest BCUT2D eigenvalue weighted by molar-refractivity contribution is 7.13. The van der Waals surface area contributed by atoms with Gasteiger partial charge in [-0.25, -0.2) is 0 Å². The quantitative estimate of drug-likeness (QED) is 0.687. The molecule has 1 aliphatic heterocycles. The molecule has 1 N–H and O–H groups in total. The zero-order valence-corrected chi connectivity index (χ0v) is 14.2. The lowest BCUT2D eigenvalue weighted by Gasteiger charge is -2.12. The third-order valence-corrected chi connectivity index (χ3v) is 4.67. The maximum absolute atomic E-state index is 12.2. The first-order valence-corrected chi connectivity index (χ1v) is 8.59. The predicted octanol–water partition coefficient (Wildman–Crippen LogP) is 1.71. The van der Waals surface area contributed by atoms with Crippen LogP contribution in [-0.2, 0) is 11.3 Å². The predicted molar refractivity (Wildman–Crippen MR) is 91.3 cm³/mol. The van der Waals surface area contributed by atoms with Crippen LogP contribution in [0.1, 0.15) is 26.6 Å². The molecule has 0 aliphatic carbocycles. The Morgan fingerprint density at radius 1 is 1.08 bits per heavy atom. The van der Waals surface area contributed by atoms with Crippen molar-refractivity contribution >= 4 is 29.1 Å². The molecule has 0 bridgehead atoms. The molecule has 2 aromatic heterocycles. The first-order valence-electron chi connectivity index (χ1n) is 7.71. The molecule has 0 saturated carbocycles. The van der Waals surface area contributed by atoms with Gasteiger partial charge < -0.3 is 9.73 Å². The van der Waals surface area contributed by atoms with Crippen LogP contribution in [0.4, 0.5) is 0 Å². The third-order valence-electron chi connectivity index (χ3n) is 3.82. The summed E-state index contributed by atoms with van der Waals surface area (Å²) in [6.07, 6.45) is 0. The molecule has 3 aromatic rings. The van der Waals surface area contributed by atoms with Gasteiger partial charge in [0.1, 0.15) is 6.54 Å². The molecule has 9 heteroatoms. The molecular formula is C17H12N4O4S. The summed E-state index contributed by atoms with van der Waals surface area (Å²) in [4.78, 5) is 38.3. The average molecular weight is 368 g/mol. The number of aromatic nitrogens is 2. The van der Waals surface area contributed by atoms with Crippen LogP contribution in [0.3, 0.4) is 0 Å². The first-order chi connectivity index (χ1) is 12.6. The minimum Gasteiger partial charge on any atom is -0.418 e. The summed E-state index contributed by atoms with van der Waals surface area (Å²) >= 11 is 1.46. The Balaban J connectivity index is 1.37. The lowest BCUT2D eigenvalue weighted by atomic mass is 10.1. The second kappa shape index (κ2) is 6.52. The van der Waals surface area contributed by atoms with E-state index in [1.54, 1.807) is 24.3 Å². The second-order valence-electron chi connectivity index (χ2n) is 5.50. The van der Waals surface area contributed by atoms with Gasteiger partial charge in [-0.1, -0.05) is 18.2 Å². The number of benzene rings is 1. The normalized spacial score (nSPS) is 13.2. The second-order valence-corrected chi connectivity index (χ2v) is 6.44. The van der Waals surface area contributed by atoms with Crippen LogP contribution >= 0.6 is 11.3 Å². The standard InChI is InChI=1S/C17H12N4O4S/c22-13(9-21-16(23)10-4-1-2-5-11(10)17(21)24)18-8-14-19-20-15(25-14)12-6-3-7-26-12/h1-7H,8-9H2,(H,18,22). The van der Waals surface area contributed by atoms with Crippen molar-refractivity contribution in [2.24, 2.45) is 0 Å². The highest BCUT2D eigenvalue weighted by Crippen LogP contribution is 2.23. The van der Waals surface area contributed by atoms with Gasteiger partial charge in [0.05, 0.1) is 22.5 Å². The largest absolute Gasteiger partial charge is 0.418 e. The molecule has 0 unspecified atom stereocenters. The van der Waals surface area contributed by atoms with Gasteiger partial charge in [-0.05, 0) is 23.6 Å². The maximum atomic E-state index is 12.2. The lowest BCUT2D eigenvalue weighted by molar-refractivity contribution is -0.121. The van der Waals surface area contributed by atoms with Crippen LogP contribution in [-0.4, -0.2) is 39.4 Å². The number of hydrogen-bond donors (Lipinski definition) is 1. The number of amides is 3. The van der Waals surface area contributed by atoms with E-state index in [4.69, 9.17) is 4.42 Å². The lowest BCUT2D eigenvalue weighted by Crippen LogP contribution is -2.40. The van der Waals surface area contributed by atoms with E-state index in [-0.39, 0.29) is 19.0 Å². The third kappa shape index (κ3) is 2.88. The summed E-state index contributed by atoms with van der Waals surface area (Å²) in [6, 6.07) is 10.2. The minimum absolute atomic E-state index is 0.0143. The molecule has 0 fully saturated rings. The number of rotatable bonds is 5. The Bertz CT molecular complexity index is 961. The molecule has 3 amide bonds. The van der Waals surface area contributed by atoms with Gasteiger partial charge in [-0.15, -0.1) is 21.5 Å². The first kappa shape index (κ1) is 16.2. The smallest absolute Gasteiger partial charge is 0.262 e. The van der Waals surface area contributed by atoms with Crippen LogP contribution in [0, 0.1) is 0 Å². The Kier molecular flexibility index (Phi) is 4.05. The van der Waals surface area contributed by atoms with E-state index in [9.17, 15) is 14.4 Å². The van der Waals surface area contributed by atoms with E-state index in [2.05, 4.69) is 15.5 Å². The Labute approximate surface area is 151 Å². The molecule has 0 atom stereocenters. The summed E-state index contributed by atoms with van der Waals surface area (Å²) in [5, 5.41) is 12.2. The molecular weight excluding hydrogens is 356 g/mol. The number of thiophene rings is 1. The molecule has 3 heterocycles. The van der Waals surface area contributed by atoms with Crippen molar-refractivity contribution in [3.63, 3.8) is 0 Å². The van der Waals surface area contributed by atoms with Gasteiger partial charge >= 0.3 is 0 Å². The van der Waals surface area contributed by atoms with E-state index in [0.29, 0.717) is 17.0 Å². The fourth-order valence-electron chi connectivity index (χ4n) is 2.58. The molecule has 0 radical (unpaired) electrons. The molecule has 1 aliphatic rings. The number of fused-ring (bicyclic) bond motifs is 1. The Hall–Kier alpha value is -3.33. The summed E-state index contributed by atoms with van der Waals surface area (Å²) in [5.41, 5.74) is 0.616. The summed E-state index contributed by atoms with van der Waals surface area (Å²) in [5.74, 6) is -0.818. The van der Waals surface area contributed by atoms with Crippen LogP contribution in [0.25, 0.3) is 10.8 Å². The number of hydrogen-bond acceptors (Lipinski definition) is 7. The monoisotopic (exact) mass is 368 g/mol. The highest BCUT2D eigenvalue weighted by Gasteiger charge is 2.36. The van der Waals surface area contributed by atoms with Crippen molar-refractivity contribution in [2.45, 2.75) is 6.54 Å². The summed E-state index contributed by atoms with van der Waals surface area (Å²) in [7, 11) is 0. The van der Waals surface area contributed by atoms with Crippen LogP contribution in [0.2, 0.25) is 0 Å². The SMILES string of the molecule is O=C(CN1C(=O)c2ccccc2C1=O)NCc1nnc(-c2cccs2)o1. The molecule has 8 nitrogen and oxygen atoms in total. The van der Waals surface area contributed by atoms with Gasteiger partial charge in [0.15, 0.2) is 0 Å². The molecule has 0 spiro atoms. The number of nitrogens with zero attached hydrogens (tertiary/aromatic N) is 3. The van der Waals surface area contributed by atoms with Gasteiger partial charge in [0, 0.05) is 0 Å². The van der Waals surface area contributed by atoms with Gasteiger partial charge in [-0.3, -0.25) is 19.3 Å². The van der Waals surface area contributed by atoms with E-state index >= 15 is 0 Å². The van der Waals surface area contributed by atoms with E-state index in [1.807, 2.05) is 17.5 Å². The van der Waals surface area contributed by atoms with Gasteiger partial charge in [-0.2, -0.15) is 0 Å². The minimum atomic E-state index is -0.490. The zero-order chi connectivity index (χ0) is 18.1. The van der Waals surface area contributed by atoms with Crippen LogP contribution < -0.4 is 5.32 Å². The molecule has 4 rings (SSSR count).